The molecular formula is C23H23N3O. The summed E-state index contributed by atoms with van der Waals surface area (Å²) < 4.78 is 0. The van der Waals surface area contributed by atoms with Crippen LogP contribution >= 0.6 is 0 Å². The van der Waals surface area contributed by atoms with Crippen LogP contribution in [0.5, 0.6) is 0 Å². The van der Waals surface area contributed by atoms with Crippen molar-refractivity contribution in [3.05, 3.63) is 87.1 Å². The number of H-pyrrole nitrogens is 1. The Kier molecular flexibility index (Phi) is 5.83. The Morgan fingerprint density at radius 3 is 2.59 bits per heavy atom. The monoisotopic (exact) mass is 357 g/mol. The van der Waals surface area contributed by atoms with E-state index in [0.29, 0.717) is 23.4 Å². The number of aromatic amines is 1. The first-order chi connectivity index (χ1) is 13.1. The molecule has 27 heavy (non-hydrogen) atoms. The van der Waals surface area contributed by atoms with Crippen LogP contribution < -0.4 is 5.56 Å². The highest BCUT2D eigenvalue weighted by Gasteiger charge is 2.15. The predicted molar refractivity (Wildman–Crippen MR) is 108 cm³/mol. The minimum Gasteiger partial charge on any atom is -0.311 e. The zero-order chi connectivity index (χ0) is 19.2. The average Bonchev–Trinajstić information content (AvgIpc) is 2.69. The van der Waals surface area contributed by atoms with E-state index < -0.39 is 0 Å². The third-order valence-corrected chi connectivity index (χ3v) is 4.70. The van der Waals surface area contributed by atoms with Crippen LogP contribution in [-0.2, 0) is 12.8 Å². The van der Waals surface area contributed by atoms with Crippen molar-refractivity contribution in [3.63, 3.8) is 0 Å². The molecule has 0 aliphatic rings. The van der Waals surface area contributed by atoms with E-state index in [2.05, 4.69) is 23.0 Å². The Morgan fingerprint density at radius 1 is 1.11 bits per heavy atom. The van der Waals surface area contributed by atoms with Gasteiger partial charge in [-0.25, -0.2) is 4.98 Å². The van der Waals surface area contributed by atoms with Crippen molar-refractivity contribution >= 4 is 0 Å². The maximum absolute atomic E-state index is 12.6. The number of rotatable bonds is 6. The molecule has 1 aromatic heterocycles. The third-order valence-electron chi connectivity index (χ3n) is 4.70. The van der Waals surface area contributed by atoms with E-state index in [1.807, 2.05) is 48.5 Å². The molecule has 3 rings (SSSR count). The topological polar surface area (TPSA) is 69.5 Å². The van der Waals surface area contributed by atoms with Crippen LogP contribution in [0.2, 0.25) is 0 Å². The Labute approximate surface area is 159 Å². The summed E-state index contributed by atoms with van der Waals surface area (Å²) in [5.74, 6) is 0.633. The summed E-state index contributed by atoms with van der Waals surface area (Å²) in [6.45, 7) is 3.92. The lowest BCUT2D eigenvalue weighted by atomic mass is 9.92. The highest BCUT2D eigenvalue weighted by Crippen LogP contribution is 2.27. The molecule has 1 N–H and O–H groups in total. The number of aryl methyl sites for hydroxylation is 2. The Hall–Kier alpha value is -3.19. The van der Waals surface area contributed by atoms with Gasteiger partial charge in [0, 0.05) is 12.0 Å². The van der Waals surface area contributed by atoms with Crippen molar-refractivity contribution in [2.24, 2.45) is 0 Å². The van der Waals surface area contributed by atoms with Crippen LogP contribution in [0.1, 0.15) is 48.0 Å². The summed E-state index contributed by atoms with van der Waals surface area (Å²) in [5.41, 5.74) is 4.75. The van der Waals surface area contributed by atoms with Crippen molar-refractivity contribution < 1.29 is 0 Å². The molecule has 0 saturated carbocycles. The van der Waals surface area contributed by atoms with Crippen molar-refractivity contribution in [2.75, 3.05) is 0 Å². The minimum atomic E-state index is -0.109. The van der Waals surface area contributed by atoms with Crippen LogP contribution in [0.25, 0.3) is 11.1 Å². The lowest BCUT2D eigenvalue weighted by molar-refractivity contribution is 0.752. The predicted octanol–water partition coefficient (Wildman–Crippen LogP) is 4.55. The van der Waals surface area contributed by atoms with Gasteiger partial charge in [-0.2, -0.15) is 5.26 Å². The van der Waals surface area contributed by atoms with Crippen LogP contribution in [0, 0.1) is 18.3 Å². The summed E-state index contributed by atoms with van der Waals surface area (Å²) in [4.78, 5) is 20.0. The molecule has 3 aromatic rings. The fourth-order valence-electron chi connectivity index (χ4n) is 3.33. The molecule has 4 heteroatoms. The van der Waals surface area contributed by atoms with Crippen molar-refractivity contribution in [2.45, 2.75) is 39.5 Å². The SMILES string of the molecule is CCCCc1nc(C)[nH]c(=O)c1Cc1cccc(-c2ccccc2)c1C#N. The molecule has 0 radical (unpaired) electrons. The second-order valence-electron chi connectivity index (χ2n) is 6.67. The maximum Gasteiger partial charge on any atom is 0.254 e. The summed E-state index contributed by atoms with van der Waals surface area (Å²) in [7, 11) is 0. The second-order valence-corrected chi connectivity index (χ2v) is 6.67. The van der Waals surface area contributed by atoms with Gasteiger partial charge >= 0.3 is 0 Å². The number of unbranched alkanes of at least 4 members (excludes halogenated alkanes) is 1. The molecule has 136 valence electrons. The number of hydrogen-bond donors (Lipinski definition) is 1. The maximum atomic E-state index is 12.6. The summed E-state index contributed by atoms with van der Waals surface area (Å²) in [5, 5.41) is 9.81. The molecule has 0 aliphatic heterocycles. The number of benzene rings is 2. The average molecular weight is 357 g/mol. The quantitative estimate of drug-likeness (QED) is 0.703. The minimum absolute atomic E-state index is 0.109. The highest BCUT2D eigenvalue weighted by atomic mass is 16.1. The normalized spacial score (nSPS) is 10.6. The second kappa shape index (κ2) is 8.46. The van der Waals surface area contributed by atoms with E-state index in [0.717, 1.165) is 41.6 Å². The molecule has 0 fully saturated rings. The van der Waals surface area contributed by atoms with Gasteiger partial charge in [0.15, 0.2) is 0 Å². The standard InChI is InChI=1S/C23H23N3O/c1-3-4-13-22-20(23(27)26-16(2)25-22)14-18-11-8-12-19(21(18)15-24)17-9-6-5-7-10-17/h5-12H,3-4,13-14H2,1-2H3,(H,25,26,27). The molecule has 0 atom stereocenters. The molecule has 4 nitrogen and oxygen atoms in total. The lowest BCUT2D eigenvalue weighted by Gasteiger charge is -2.12. The van der Waals surface area contributed by atoms with Gasteiger partial charge in [-0.1, -0.05) is 61.9 Å². The van der Waals surface area contributed by atoms with Crippen LogP contribution in [0.3, 0.4) is 0 Å². The van der Waals surface area contributed by atoms with Crippen molar-refractivity contribution in [1.29, 1.82) is 5.26 Å². The molecule has 0 bridgehead atoms. The van der Waals surface area contributed by atoms with E-state index in [4.69, 9.17) is 0 Å². The Morgan fingerprint density at radius 2 is 1.89 bits per heavy atom. The van der Waals surface area contributed by atoms with Gasteiger partial charge in [0.25, 0.3) is 5.56 Å². The van der Waals surface area contributed by atoms with Gasteiger partial charge in [-0.3, -0.25) is 4.79 Å². The molecule has 0 aliphatic carbocycles. The van der Waals surface area contributed by atoms with E-state index in [-0.39, 0.29) is 5.56 Å². The zero-order valence-corrected chi connectivity index (χ0v) is 15.7. The number of aromatic nitrogens is 2. The first-order valence-electron chi connectivity index (χ1n) is 9.30. The van der Waals surface area contributed by atoms with Crippen LogP contribution in [0.15, 0.2) is 53.3 Å². The lowest BCUT2D eigenvalue weighted by Crippen LogP contribution is -2.20. The van der Waals surface area contributed by atoms with Gasteiger partial charge in [-0.05, 0) is 36.5 Å². The van der Waals surface area contributed by atoms with E-state index in [1.165, 1.54) is 0 Å². The fraction of sp³-hybridized carbons (Fsp3) is 0.261. The number of nitriles is 1. The summed E-state index contributed by atoms with van der Waals surface area (Å²) >= 11 is 0. The van der Waals surface area contributed by atoms with E-state index >= 15 is 0 Å². The molecule has 0 saturated heterocycles. The number of nitrogens with one attached hydrogen (secondary N) is 1. The van der Waals surface area contributed by atoms with Gasteiger partial charge in [0.2, 0.25) is 0 Å². The largest absolute Gasteiger partial charge is 0.311 e. The van der Waals surface area contributed by atoms with E-state index in [1.54, 1.807) is 6.92 Å². The number of nitrogens with zero attached hydrogens (tertiary/aromatic N) is 2. The van der Waals surface area contributed by atoms with Crippen molar-refractivity contribution in [3.8, 4) is 17.2 Å². The van der Waals surface area contributed by atoms with Gasteiger partial charge in [0.05, 0.1) is 11.3 Å². The van der Waals surface area contributed by atoms with Crippen LogP contribution in [0.4, 0.5) is 0 Å². The first kappa shape index (κ1) is 18.6. The van der Waals surface area contributed by atoms with Gasteiger partial charge in [-0.15, -0.1) is 0 Å². The highest BCUT2D eigenvalue weighted by molar-refractivity contribution is 5.72. The molecule has 1 heterocycles. The zero-order valence-electron chi connectivity index (χ0n) is 15.7. The third kappa shape index (κ3) is 4.15. The van der Waals surface area contributed by atoms with Crippen LogP contribution in [-0.4, -0.2) is 9.97 Å². The molecule has 0 unspecified atom stereocenters. The fourth-order valence-corrected chi connectivity index (χ4v) is 3.33. The van der Waals surface area contributed by atoms with E-state index in [9.17, 15) is 10.1 Å². The first-order valence-corrected chi connectivity index (χ1v) is 9.30. The van der Waals surface area contributed by atoms with Gasteiger partial charge < -0.3 is 4.98 Å². The molecular weight excluding hydrogens is 334 g/mol. The number of hydrogen-bond acceptors (Lipinski definition) is 3. The Bertz CT molecular complexity index is 1030. The molecule has 0 spiro atoms. The van der Waals surface area contributed by atoms with Gasteiger partial charge in [0.1, 0.15) is 11.9 Å². The molecule has 2 aromatic carbocycles. The summed E-state index contributed by atoms with van der Waals surface area (Å²) in [6.07, 6.45) is 3.21. The summed E-state index contributed by atoms with van der Waals surface area (Å²) in [6, 6.07) is 18.0. The smallest absolute Gasteiger partial charge is 0.254 e. The Balaban J connectivity index is 2.07. The molecule has 0 amide bonds. The van der Waals surface area contributed by atoms with Crippen molar-refractivity contribution in [1.82, 2.24) is 9.97 Å².